The Morgan fingerprint density at radius 2 is 2.15 bits per heavy atom. The van der Waals surface area contributed by atoms with E-state index in [-0.39, 0.29) is 0 Å². The monoisotopic (exact) mass is 366 g/mol. The largest absolute Gasteiger partial charge is 0.127 e. The summed E-state index contributed by atoms with van der Waals surface area (Å²) < 4.78 is 0.938. The fraction of sp³-hybridized carbons (Fsp3) is 0.412. The van der Waals surface area contributed by atoms with Crippen LogP contribution in [0.2, 0.25) is 4.34 Å². The molecule has 0 amide bonds. The van der Waals surface area contributed by atoms with Crippen LogP contribution in [0.3, 0.4) is 0 Å². The first-order valence-electron chi connectivity index (χ1n) is 7.14. The fourth-order valence-corrected chi connectivity index (χ4v) is 6.22. The molecular weight excluding hydrogens is 352 g/mol. The summed E-state index contributed by atoms with van der Waals surface area (Å²) in [6.07, 6.45) is 2.59. The van der Waals surface area contributed by atoms with Crippen LogP contribution < -0.4 is 0 Å². The Bertz CT molecular complexity index is 643. The van der Waals surface area contributed by atoms with E-state index in [1.165, 1.54) is 23.3 Å². The first-order valence-corrected chi connectivity index (χ1v) is 9.25. The van der Waals surface area contributed by atoms with Gasteiger partial charge in [0.25, 0.3) is 0 Å². The van der Waals surface area contributed by atoms with Crippen molar-refractivity contribution >= 4 is 38.9 Å². The summed E-state index contributed by atoms with van der Waals surface area (Å²) in [5.74, 6) is 2.36. The van der Waals surface area contributed by atoms with E-state index < -0.39 is 0 Å². The number of fused-ring (bicyclic) bond motifs is 3. The molecule has 4 atom stereocenters. The maximum absolute atomic E-state index is 6.23. The van der Waals surface area contributed by atoms with Crippen molar-refractivity contribution in [3.63, 3.8) is 0 Å². The van der Waals surface area contributed by atoms with Crippen LogP contribution in [0.1, 0.15) is 38.7 Å². The minimum Gasteiger partial charge on any atom is -0.127 e. The van der Waals surface area contributed by atoms with Gasteiger partial charge in [0.1, 0.15) is 0 Å². The van der Waals surface area contributed by atoms with Crippen LogP contribution in [-0.2, 0) is 6.42 Å². The van der Waals surface area contributed by atoms with Crippen molar-refractivity contribution < 1.29 is 0 Å². The van der Waals surface area contributed by atoms with E-state index in [2.05, 4.69) is 53.2 Å². The van der Waals surface area contributed by atoms with Gasteiger partial charge in [-0.1, -0.05) is 51.8 Å². The molecule has 2 aliphatic rings. The molecule has 1 aromatic carbocycles. The Morgan fingerprint density at radius 1 is 1.35 bits per heavy atom. The zero-order valence-electron chi connectivity index (χ0n) is 11.3. The van der Waals surface area contributed by atoms with E-state index >= 15 is 0 Å². The number of halogens is 2. The lowest BCUT2D eigenvalue weighted by atomic mass is 9.92. The lowest BCUT2D eigenvalue weighted by Crippen LogP contribution is -2.00. The van der Waals surface area contributed by atoms with Crippen molar-refractivity contribution in [1.82, 2.24) is 0 Å². The molecule has 3 heteroatoms. The lowest BCUT2D eigenvalue weighted by Gasteiger charge is -2.13. The van der Waals surface area contributed by atoms with Gasteiger partial charge >= 0.3 is 0 Å². The fourth-order valence-electron chi connectivity index (χ4n) is 3.83. The maximum Gasteiger partial charge on any atom is 0.0960 e. The third kappa shape index (κ3) is 2.00. The number of benzene rings is 1. The molecule has 104 valence electrons. The summed E-state index contributed by atoms with van der Waals surface area (Å²) in [5, 5.41) is 0. The summed E-state index contributed by atoms with van der Waals surface area (Å²) >= 11 is 11.9. The molecule has 0 N–H and O–H groups in total. The van der Waals surface area contributed by atoms with E-state index in [9.17, 15) is 0 Å². The van der Waals surface area contributed by atoms with E-state index in [0.29, 0.717) is 4.83 Å². The van der Waals surface area contributed by atoms with Crippen molar-refractivity contribution in [2.75, 3.05) is 0 Å². The predicted octanol–water partition coefficient (Wildman–Crippen LogP) is 6.12. The molecule has 4 rings (SSSR count). The molecular formula is C17H16BrClS. The number of alkyl halides is 1. The molecule has 2 aromatic rings. The SMILES string of the molecule is Cc1cc(C(Br)C2C3CCc4ccccc4C32)sc1Cl. The Labute approximate surface area is 137 Å². The van der Waals surface area contributed by atoms with Crippen molar-refractivity contribution in [2.24, 2.45) is 11.8 Å². The zero-order chi connectivity index (χ0) is 13.9. The first-order chi connectivity index (χ1) is 9.66. The Kier molecular flexibility index (Phi) is 3.25. The molecule has 0 aliphatic heterocycles. The average molecular weight is 368 g/mol. The van der Waals surface area contributed by atoms with Gasteiger partial charge in [0.2, 0.25) is 0 Å². The Hall–Kier alpha value is -0.310. The van der Waals surface area contributed by atoms with Gasteiger partial charge in [-0.15, -0.1) is 11.3 Å². The lowest BCUT2D eigenvalue weighted by molar-refractivity contribution is 0.629. The van der Waals surface area contributed by atoms with Gasteiger partial charge in [0, 0.05) is 4.88 Å². The van der Waals surface area contributed by atoms with E-state index in [4.69, 9.17) is 11.6 Å². The number of aryl methyl sites for hydroxylation is 2. The maximum atomic E-state index is 6.23. The quantitative estimate of drug-likeness (QED) is 0.561. The molecule has 1 fully saturated rings. The molecule has 1 saturated carbocycles. The Balaban J connectivity index is 1.63. The predicted molar refractivity (Wildman–Crippen MR) is 90.2 cm³/mol. The van der Waals surface area contributed by atoms with Crippen molar-refractivity contribution in [3.8, 4) is 0 Å². The van der Waals surface area contributed by atoms with Crippen molar-refractivity contribution in [2.45, 2.75) is 30.5 Å². The molecule has 1 heterocycles. The highest BCUT2D eigenvalue weighted by Gasteiger charge is 2.56. The van der Waals surface area contributed by atoms with E-state index in [1.54, 1.807) is 22.5 Å². The van der Waals surface area contributed by atoms with Gasteiger partial charge in [-0.25, -0.2) is 0 Å². The highest BCUT2D eigenvalue weighted by molar-refractivity contribution is 9.09. The minimum absolute atomic E-state index is 0.458. The molecule has 0 bridgehead atoms. The van der Waals surface area contributed by atoms with Gasteiger partial charge in [-0.05, 0) is 60.3 Å². The van der Waals surface area contributed by atoms with Crippen LogP contribution in [0.5, 0.6) is 0 Å². The summed E-state index contributed by atoms with van der Waals surface area (Å²) in [5.41, 5.74) is 4.37. The summed E-state index contributed by atoms with van der Waals surface area (Å²) in [7, 11) is 0. The van der Waals surface area contributed by atoms with Gasteiger partial charge in [0.05, 0.1) is 9.16 Å². The summed E-state index contributed by atoms with van der Waals surface area (Å²) in [6.45, 7) is 2.09. The van der Waals surface area contributed by atoms with Crippen LogP contribution in [0.15, 0.2) is 30.3 Å². The van der Waals surface area contributed by atoms with E-state index in [0.717, 1.165) is 22.1 Å². The van der Waals surface area contributed by atoms with Crippen molar-refractivity contribution in [1.29, 1.82) is 0 Å². The van der Waals surface area contributed by atoms with Gasteiger partial charge in [0.15, 0.2) is 0 Å². The smallest absolute Gasteiger partial charge is 0.0960 e. The first kappa shape index (κ1) is 13.4. The highest BCUT2D eigenvalue weighted by atomic mass is 79.9. The van der Waals surface area contributed by atoms with E-state index in [1.807, 2.05) is 0 Å². The number of hydrogen-bond acceptors (Lipinski definition) is 1. The number of hydrogen-bond donors (Lipinski definition) is 0. The second-order valence-corrected chi connectivity index (χ2v) is 8.68. The average Bonchev–Trinajstić information content (AvgIpc) is 3.11. The highest BCUT2D eigenvalue weighted by Crippen LogP contribution is 2.66. The standard InChI is InChI=1S/C17H16BrClS/c1-9-8-13(20-17(9)19)16(18)15-12-7-6-10-4-2-3-5-11(10)14(12)15/h2-5,8,12,14-16H,6-7H2,1H3. The van der Waals surface area contributed by atoms with Crippen molar-refractivity contribution in [3.05, 3.63) is 56.2 Å². The molecule has 0 nitrogen and oxygen atoms in total. The summed E-state index contributed by atoms with van der Waals surface area (Å²) in [4.78, 5) is 1.85. The molecule has 4 unspecified atom stereocenters. The second-order valence-electron chi connectivity index (χ2n) is 6.01. The van der Waals surface area contributed by atoms with Crippen LogP contribution in [0.25, 0.3) is 0 Å². The molecule has 20 heavy (non-hydrogen) atoms. The topological polar surface area (TPSA) is 0 Å². The zero-order valence-corrected chi connectivity index (χ0v) is 14.4. The molecule has 0 saturated heterocycles. The van der Waals surface area contributed by atoms with Crippen LogP contribution in [0, 0.1) is 18.8 Å². The molecule has 1 aromatic heterocycles. The van der Waals surface area contributed by atoms with Gasteiger partial charge in [-0.2, -0.15) is 0 Å². The molecule has 0 radical (unpaired) electrons. The van der Waals surface area contributed by atoms with Gasteiger partial charge < -0.3 is 0 Å². The third-order valence-corrected chi connectivity index (χ3v) is 7.92. The molecule has 0 spiro atoms. The van der Waals surface area contributed by atoms with Gasteiger partial charge in [-0.3, -0.25) is 0 Å². The third-order valence-electron chi connectivity index (χ3n) is 4.88. The van der Waals surface area contributed by atoms with Crippen LogP contribution in [0.4, 0.5) is 0 Å². The number of thiophene rings is 1. The van der Waals surface area contributed by atoms with Crippen LogP contribution >= 0.6 is 38.9 Å². The second kappa shape index (κ2) is 4.86. The molecule has 2 aliphatic carbocycles. The number of rotatable bonds is 2. The van der Waals surface area contributed by atoms with Crippen LogP contribution in [-0.4, -0.2) is 0 Å². The summed E-state index contributed by atoms with van der Waals surface area (Å²) in [6, 6.07) is 11.2. The Morgan fingerprint density at radius 3 is 2.90 bits per heavy atom. The normalized spacial score (nSPS) is 28.6. The minimum atomic E-state index is 0.458.